The standard InChI is InChI=1S/C13H15ClN2/c1-7-4-8(2)16-13-11(7)5-10(14)6-12(13)9(3)15/h4-6,9H,15H2,1-3H3. The molecule has 16 heavy (non-hydrogen) atoms. The second-order valence-electron chi connectivity index (χ2n) is 4.26. The van der Waals surface area contributed by atoms with Crippen molar-refractivity contribution < 1.29 is 0 Å². The van der Waals surface area contributed by atoms with E-state index in [-0.39, 0.29) is 6.04 Å². The molecule has 0 spiro atoms. The average Bonchev–Trinajstić information content (AvgIpc) is 2.18. The van der Waals surface area contributed by atoms with Gasteiger partial charge >= 0.3 is 0 Å². The Morgan fingerprint density at radius 1 is 1.25 bits per heavy atom. The van der Waals surface area contributed by atoms with Crippen LogP contribution in [0.25, 0.3) is 10.9 Å². The molecule has 0 radical (unpaired) electrons. The van der Waals surface area contributed by atoms with Crippen molar-refractivity contribution in [2.24, 2.45) is 5.73 Å². The minimum atomic E-state index is -0.0603. The predicted molar refractivity (Wildman–Crippen MR) is 68.8 cm³/mol. The minimum absolute atomic E-state index is 0.0603. The Balaban J connectivity index is 2.89. The Bertz CT molecular complexity index is 547. The highest BCUT2D eigenvalue weighted by Crippen LogP contribution is 2.28. The Morgan fingerprint density at radius 3 is 2.56 bits per heavy atom. The van der Waals surface area contributed by atoms with Crippen molar-refractivity contribution >= 4 is 22.5 Å². The highest BCUT2D eigenvalue weighted by molar-refractivity contribution is 6.31. The van der Waals surface area contributed by atoms with Crippen LogP contribution in [0.15, 0.2) is 18.2 Å². The molecular weight excluding hydrogens is 220 g/mol. The molecule has 2 aromatic rings. The zero-order chi connectivity index (χ0) is 11.9. The summed E-state index contributed by atoms with van der Waals surface area (Å²) in [6.45, 7) is 6.01. The Labute approximate surface area is 100 Å². The molecule has 0 bridgehead atoms. The van der Waals surface area contributed by atoms with Gasteiger partial charge < -0.3 is 5.73 Å². The number of nitrogens with zero attached hydrogens (tertiary/aromatic N) is 1. The van der Waals surface area contributed by atoms with Gasteiger partial charge in [0.1, 0.15) is 0 Å². The van der Waals surface area contributed by atoms with Gasteiger partial charge in [0.2, 0.25) is 0 Å². The van der Waals surface area contributed by atoms with Crippen LogP contribution in [0.3, 0.4) is 0 Å². The monoisotopic (exact) mass is 234 g/mol. The lowest BCUT2D eigenvalue weighted by atomic mass is 10.0. The van der Waals surface area contributed by atoms with Gasteiger partial charge in [0.25, 0.3) is 0 Å². The molecule has 3 heteroatoms. The lowest BCUT2D eigenvalue weighted by Crippen LogP contribution is -2.07. The number of aromatic nitrogens is 1. The lowest BCUT2D eigenvalue weighted by molar-refractivity contribution is 0.823. The highest BCUT2D eigenvalue weighted by atomic mass is 35.5. The van der Waals surface area contributed by atoms with Gasteiger partial charge in [0.15, 0.2) is 0 Å². The fraction of sp³-hybridized carbons (Fsp3) is 0.308. The van der Waals surface area contributed by atoms with Crippen molar-refractivity contribution in [3.05, 3.63) is 40.0 Å². The summed E-state index contributed by atoms with van der Waals surface area (Å²) in [6.07, 6.45) is 0. The van der Waals surface area contributed by atoms with E-state index < -0.39 is 0 Å². The Hall–Kier alpha value is -1.12. The molecule has 1 atom stereocenters. The van der Waals surface area contributed by atoms with E-state index in [9.17, 15) is 0 Å². The number of aryl methyl sites for hydroxylation is 2. The zero-order valence-corrected chi connectivity index (χ0v) is 10.5. The molecule has 0 amide bonds. The quantitative estimate of drug-likeness (QED) is 0.820. The molecule has 1 aromatic carbocycles. The molecule has 2 N–H and O–H groups in total. The number of fused-ring (bicyclic) bond motifs is 1. The summed E-state index contributed by atoms with van der Waals surface area (Å²) in [4.78, 5) is 4.56. The molecule has 0 saturated carbocycles. The molecule has 0 aliphatic heterocycles. The van der Waals surface area contributed by atoms with E-state index in [0.717, 1.165) is 22.2 Å². The first-order valence-corrected chi connectivity index (χ1v) is 5.70. The van der Waals surface area contributed by atoms with Crippen molar-refractivity contribution in [2.45, 2.75) is 26.8 Å². The topological polar surface area (TPSA) is 38.9 Å². The number of pyridine rings is 1. The normalized spacial score (nSPS) is 13.1. The van der Waals surface area contributed by atoms with E-state index in [1.165, 1.54) is 5.56 Å². The van der Waals surface area contributed by atoms with Crippen LogP contribution in [-0.4, -0.2) is 4.98 Å². The van der Waals surface area contributed by atoms with Crippen LogP contribution < -0.4 is 5.73 Å². The summed E-state index contributed by atoms with van der Waals surface area (Å²) in [5.74, 6) is 0. The number of rotatable bonds is 1. The van der Waals surface area contributed by atoms with Gasteiger partial charge in [-0.05, 0) is 50.1 Å². The van der Waals surface area contributed by atoms with Crippen molar-refractivity contribution in [1.29, 1.82) is 0 Å². The van der Waals surface area contributed by atoms with Gasteiger partial charge in [-0.25, -0.2) is 0 Å². The van der Waals surface area contributed by atoms with Gasteiger partial charge in [0.05, 0.1) is 5.52 Å². The number of hydrogen-bond acceptors (Lipinski definition) is 2. The van der Waals surface area contributed by atoms with Crippen molar-refractivity contribution in [2.75, 3.05) is 0 Å². The summed E-state index contributed by atoms with van der Waals surface area (Å²) in [7, 11) is 0. The zero-order valence-electron chi connectivity index (χ0n) is 9.71. The molecule has 0 fully saturated rings. The third-order valence-electron chi connectivity index (χ3n) is 2.73. The maximum Gasteiger partial charge on any atom is 0.0756 e. The second kappa shape index (κ2) is 4.04. The molecule has 0 saturated heterocycles. The van der Waals surface area contributed by atoms with Crippen LogP contribution in [0.2, 0.25) is 5.02 Å². The van der Waals surface area contributed by atoms with Crippen LogP contribution in [-0.2, 0) is 0 Å². The van der Waals surface area contributed by atoms with Crippen LogP contribution in [0.5, 0.6) is 0 Å². The SMILES string of the molecule is Cc1cc(C)c2cc(Cl)cc(C(C)N)c2n1. The summed E-state index contributed by atoms with van der Waals surface area (Å²) in [6, 6.07) is 5.85. The van der Waals surface area contributed by atoms with E-state index >= 15 is 0 Å². The van der Waals surface area contributed by atoms with Crippen LogP contribution in [0.4, 0.5) is 0 Å². The number of halogens is 1. The summed E-state index contributed by atoms with van der Waals surface area (Å²) in [5.41, 5.74) is 10.1. The smallest absolute Gasteiger partial charge is 0.0756 e. The third kappa shape index (κ3) is 1.91. The number of hydrogen-bond donors (Lipinski definition) is 1. The minimum Gasteiger partial charge on any atom is -0.324 e. The molecule has 2 nitrogen and oxygen atoms in total. The lowest BCUT2D eigenvalue weighted by Gasteiger charge is -2.12. The number of nitrogens with two attached hydrogens (primary N) is 1. The molecule has 0 aliphatic carbocycles. The molecule has 1 heterocycles. The van der Waals surface area contributed by atoms with Gasteiger partial charge in [-0.1, -0.05) is 11.6 Å². The van der Waals surface area contributed by atoms with Gasteiger partial charge in [-0.15, -0.1) is 0 Å². The molecule has 84 valence electrons. The van der Waals surface area contributed by atoms with Gasteiger partial charge in [0, 0.05) is 22.1 Å². The average molecular weight is 235 g/mol. The molecule has 0 aliphatic rings. The first kappa shape index (κ1) is 11.4. The van der Waals surface area contributed by atoms with Crippen molar-refractivity contribution in [3.8, 4) is 0 Å². The van der Waals surface area contributed by atoms with E-state index in [0.29, 0.717) is 5.02 Å². The molecule has 1 unspecified atom stereocenters. The molecular formula is C13H15ClN2. The van der Waals surface area contributed by atoms with E-state index in [1.54, 1.807) is 0 Å². The van der Waals surface area contributed by atoms with E-state index in [2.05, 4.69) is 18.0 Å². The van der Waals surface area contributed by atoms with E-state index in [4.69, 9.17) is 17.3 Å². The second-order valence-corrected chi connectivity index (χ2v) is 4.70. The highest BCUT2D eigenvalue weighted by Gasteiger charge is 2.10. The summed E-state index contributed by atoms with van der Waals surface area (Å²) in [5, 5.41) is 1.80. The fourth-order valence-corrected chi connectivity index (χ4v) is 2.22. The Morgan fingerprint density at radius 2 is 1.94 bits per heavy atom. The first-order valence-electron chi connectivity index (χ1n) is 5.32. The summed E-state index contributed by atoms with van der Waals surface area (Å²) >= 11 is 6.10. The molecule has 2 rings (SSSR count). The van der Waals surface area contributed by atoms with Crippen LogP contribution in [0.1, 0.15) is 29.8 Å². The predicted octanol–water partition coefficient (Wildman–Crippen LogP) is 3.52. The number of benzene rings is 1. The fourth-order valence-electron chi connectivity index (χ4n) is 1.99. The van der Waals surface area contributed by atoms with Crippen molar-refractivity contribution in [3.63, 3.8) is 0 Å². The van der Waals surface area contributed by atoms with Gasteiger partial charge in [-0.3, -0.25) is 4.98 Å². The maximum atomic E-state index is 6.10. The molecule has 1 aromatic heterocycles. The first-order chi connectivity index (χ1) is 7.49. The van der Waals surface area contributed by atoms with Crippen LogP contribution in [0, 0.1) is 13.8 Å². The Kier molecular flexibility index (Phi) is 2.87. The largest absolute Gasteiger partial charge is 0.324 e. The third-order valence-corrected chi connectivity index (χ3v) is 2.95. The van der Waals surface area contributed by atoms with Crippen LogP contribution >= 0.6 is 11.6 Å². The maximum absolute atomic E-state index is 6.10. The van der Waals surface area contributed by atoms with Gasteiger partial charge in [-0.2, -0.15) is 0 Å². The summed E-state index contributed by atoms with van der Waals surface area (Å²) < 4.78 is 0. The van der Waals surface area contributed by atoms with Crippen molar-refractivity contribution in [1.82, 2.24) is 4.98 Å². The van der Waals surface area contributed by atoms with E-state index in [1.807, 2.05) is 26.0 Å².